The zero-order valence-corrected chi connectivity index (χ0v) is 23.6. The zero-order valence-electron chi connectivity index (χ0n) is 22.8. The Labute approximate surface area is 223 Å². The molecular formula is C25H37N5O7S. The lowest BCUT2D eigenvalue weighted by atomic mass is 9.99. The minimum absolute atomic E-state index is 0.00248. The van der Waals surface area contributed by atoms with E-state index in [2.05, 4.69) is 15.8 Å². The molecule has 1 aliphatic rings. The van der Waals surface area contributed by atoms with Gasteiger partial charge in [0.2, 0.25) is 10.0 Å². The minimum Gasteiger partial charge on any atom is -0.486 e. The number of likely N-dealkylation sites (N-methyl/N-ethyl adjacent to an activating group) is 1. The Balaban J connectivity index is 2.04. The maximum Gasteiger partial charge on any atom is 0.319 e. The highest BCUT2D eigenvalue weighted by Crippen LogP contribution is 2.35. The highest BCUT2D eigenvalue weighted by molar-refractivity contribution is 7.89. The molecule has 3 unspecified atom stereocenters. The van der Waals surface area contributed by atoms with E-state index in [1.54, 1.807) is 36.9 Å². The number of aryl methyl sites for hydroxylation is 2. The molecule has 13 heteroatoms. The van der Waals surface area contributed by atoms with Gasteiger partial charge in [0, 0.05) is 25.6 Å². The van der Waals surface area contributed by atoms with Crippen LogP contribution in [0.5, 0.6) is 5.75 Å². The monoisotopic (exact) mass is 551 g/mol. The quantitative estimate of drug-likeness (QED) is 0.452. The maximum absolute atomic E-state index is 13.6. The Morgan fingerprint density at radius 3 is 2.55 bits per heavy atom. The van der Waals surface area contributed by atoms with Crippen LogP contribution >= 0.6 is 0 Å². The molecule has 3 atom stereocenters. The number of carbonyl (C=O) groups excluding carboxylic acids is 2. The minimum atomic E-state index is -3.97. The molecule has 0 saturated carbocycles. The summed E-state index contributed by atoms with van der Waals surface area (Å²) < 4.78 is 39.4. The molecule has 3 N–H and O–H groups in total. The number of aliphatic hydroxyl groups is 1. The van der Waals surface area contributed by atoms with Crippen molar-refractivity contribution >= 4 is 27.6 Å². The molecule has 1 aromatic carbocycles. The van der Waals surface area contributed by atoms with Crippen LogP contribution in [0.2, 0.25) is 0 Å². The molecule has 3 rings (SSSR count). The summed E-state index contributed by atoms with van der Waals surface area (Å²) >= 11 is 0. The molecule has 3 amide bonds. The largest absolute Gasteiger partial charge is 0.486 e. The summed E-state index contributed by atoms with van der Waals surface area (Å²) in [7, 11) is -2.53. The van der Waals surface area contributed by atoms with Gasteiger partial charge in [-0.15, -0.1) is 0 Å². The molecule has 0 bridgehead atoms. The van der Waals surface area contributed by atoms with E-state index >= 15 is 0 Å². The van der Waals surface area contributed by atoms with E-state index in [0.29, 0.717) is 0 Å². The van der Waals surface area contributed by atoms with Crippen LogP contribution in [-0.4, -0.2) is 84.8 Å². The van der Waals surface area contributed by atoms with Gasteiger partial charge < -0.3 is 29.9 Å². The summed E-state index contributed by atoms with van der Waals surface area (Å²) in [4.78, 5) is 27.6. The predicted octanol–water partition coefficient (Wildman–Crippen LogP) is 2.36. The average molecular weight is 552 g/mol. The summed E-state index contributed by atoms with van der Waals surface area (Å²) in [6, 6.07) is 3.72. The second-order valence-electron chi connectivity index (χ2n) is 10.00. The lowest BCUT2D eigenvalue weighted by Gasteiger charge is -2.38. The number of sulfonamides is 1. The standard InChI is InChI=1S/C25H37N5O7S/c1-14(2)26-25(33)27-20-10-8-9-19-22(20)36-21(15(3)11-30(24(19)32)16(4)13-31)12-29(7)38(34,35)23-17(5)28-37-18(23)6/h8-10,14-16,21,31H,11-13H2,1-7H3,(H2,26,27,33). The molecule has 0 aliphatic carbocycles. The summed E-state index contributed by atoms with van der Waals surface area (Å²) in [6.45, 7) is 10.2. The Morgan fingerprint density at radius 1 is 1.29 bits per heavy atom. The van der Waals surface area contributed by atoms with Crippen molar-refractivity contribution in [2.75, 3.05) is 32.1 Å². The molecular weight excluding hydrogens is 514 g/mol. The molecule has 2 heterocycles. The lowest BCUT2D eigenvalue weighted by molar-refractivity contribution is 0.0389. The van der Waals surface area contributed by atoms with Gasteiger partial charge in [-0.1, -0.05) is 18.1 Å². The Bertz CT molecular complexity index is 1260. The van der Waals surface area contributed by atoms with Crippen molar-refractivity contribution < 1.29 is 32.4 Å². The van der Waals surface area contributed by atoms with Crippen LogP contribution < -0.4 is 15.4 Å². The summed E-state index contributed by atoms with van der Waals surface area (Å²) in [5.74, 6) is -0.397. The molecule has 210 valence electrons. The van der Waals surface area contributed by atoms with Crippen LogP contribution in [0.25, 0.3) is 0 Å². The first-order chi connectivity index (χ1) is 17.8. The second kappa shape index (κ2) is 11.7. The molecule has 0 saturated heterocycles. The fourth-order valence-corrected chi connectivity index (χ4v) is 5.80. The predicted molar refractivity (Wildman–Crippen MR) is 141 cm³/mol. The number of fused-ring (bicyclic) bond motifs is 1. The van der Waals surface area contributed by atoms with Crippen molar-refractivity contribution in [3.63, 3.8) is 0 Å². The van der Waals surface area contributed by atoms with Crippen molar-refractivity contribution in [3.05, 3.63) is 35.2 Å². The van der Waals surface area contributed by atoms with Gasteiger partial charge >= 0.3 is 6.03 Å². The maximum atomic E-state index is 13.6. The van der Waals surface area contributed by atoms with Gasteiger partial charge in [0.15, 0.2) is 11.5 Å². The van der Waals surface area contributed by atoms with Crippen molar-refractivity contribution in [2.45, 2.75) is 64.6 Å². The number of benzene rings is 1. The van der Waals surface area contributed by atoms with Gasteiger partial charge in [-0.2, -0.15) is 4.31 Å². The van der Waals surface area contributed by atoms with Crippen molar-refractivity contribution in [1.82, 2.24) is 19.7 Å². The number of amides is 3. The Kier molecular flexibility index (Phi) is 9.05. The van der Waals surface area contributed by atoms with Crippen LogP contribution in [-0.2, 0) is 10.0 Å². The van der Waals surface area contributed by atoms with Crippen LogP contribution in [0, 0.1) is 19.8 Å². The number of aliphatic hydroxyl groups excluding tert-OH is 1. The first kappa shape index (κ1) is 29.4. The zero-order chi connectivity index (χ0) is 28.4. The van der Waals surface area contributed by atoms with Gasteiger partial charge in [0.05, 0.1) is 30.4 Å². The van der Waals surface area contributed by atoms with Crippen LogP contribution in [0.15, 0.2) is 27.6 Å². The third-order valence-corrected chi connectivity index (χ3v) is 8.50. The number of hydrogen-bond acceptors (Lipinski definition) is 8. The fraction of sp³-hybridized carbons (Fsp3) is 0.560. The number of anilines is 1. The van der Waals surface area contributed by atoms with Crippen molar-refractivity contribution in [3.8, 4) is 5.75 Å². The van der Waals surface area contributed by atoms with Crippen molar-refractivity contribution in [1.29, 1.82) is 0 Å². The molecule has 12 nitrogen and oxygen atoms in total. The molecule has 38 heavy (non-hydrogen) atoms. The number of rotatable bonds is 8. The van der Waals surface area contributed by atoms with Crippen LogP contribution in [0.3, 0.4) is 0 Å². The smallest absolute Gasteiger partial charge is 0.319 e. The van der Waals surface area contributed by atoms with Crippen LogP contribution in [0.4, 0.5) is 10.5 Å². The van der Waals surface area contributed by atoms with E-state index in [0.717, 1.165) is 0 Å². The van der Waals surface area contributed by atoms with E-state index in [-0.39, 0.29) is 70.9 Å². The van der Waals surface area contributed by atoms with E-state index in [1.807, 2.05) is 20.8 Å². The number of aromatic nitrogens is 1. The Hall–Kier alpha value is -3.16. The fourth-order valence-electron chi connectivity index (χ4n) is 4.33. The number of nitrogens with zero attached hydrogens (tertiary/aromatic N) is 3. The van der Waals surface area contributed by atoms with Gasteiger partial charge in [-0.05, 0) is 46.8 Å². The second-order valence-corrected chi connectivity index (χ2v) is 12.0. The van der Waals surface area contributed by atoms with E-state index < -0.39 is 28.2 Å². The highest BCUT2D eigenvalue weighted by Gasteiger charge is 2.37. The van der Waals surface area contributed by atoms with E-state index in [1.165, 1.54) is 18.3 Å². The normalized spacial score (nSPS) is 19.0. The van der Waals surface area contributed by atoms with Crippen LogP contribution in [0.1, 0.15) is 49.5 Å². The van der Waals surface area contributed by atoms with E-state index in [9.17, 15) is 23.1 Å². The summed E-state index contributed by atoms with van der Waals surface area (Å²) in [5, 5.41) is 19.1. The first-order valence-electron chi connectivity index (χ1n) is 12.5. The lowest BCUT2D eigenvalue weighted by Crippen LogP contribution is -2.50. The van der Waals surface area contributed by atoms with Crippen molar-refractivity contribution in [2.24, 2.45) is 5.92 Å². The number of ether oxygens (including phenoxy) is 1. The third-order valence-electron chi connectivity index (χ3n) is 6.43. The highest BCUT2D eigenvalue weighted by atomic mass is 32.2. The summed E-state index contributed by atoms with van der Waals surface area (Å²) in [5.41, 5.74) is 0.712. The van der Waals surface area contributed by atoms with Gasteiger partial charge in [0.25, 0.3) is 5.91 Å². The number of urea groups is 1. The average Bonchev–Trinajstić information content (AvgIpc) is 3.18. The molecule has 0 fully saturated rings. The Morgan fingerprint density at radius 2 is 1.97 bits per heavy atom. The topological polar surface area (TPSA) is 154 Å². The van der Waals surface area contributed by atoms with Gasteiger partial charge in [0.1, 0.15) is 16.7 Å². The molecule has 1 aliphatic heterocycles. The number of para-hydroxylation sites is 1. The van der Waals surface area contributed by atoms with Gasteiger partial charge in [-0.3, -0.25) is 4.79 Å². The third kappa shape index (κ3) is 6.11. The number of hydrogen-bond donors (Lipinski definition) is 3. The number of carbonyl (C=O) groups is 2. The first-order valence-corrected chi connectivity index (χ1v) is 13.9. The number of nitrogens with one attached hydrogen (secondary N) is 2. The summed E-state index contributed by atoms with van der Waals surface area (Å²) in [6.07, 6.45) is -0.716. The molecule has 2 aromatic rings. The molecule has 0 spiro atoms. The molecule has 1 aromatic heterocycles. The molecule has 0 radical (unpaired) electrons. The van der Waals surface area contributed by atoms with Gasteiger partial charge in [-0.25, -0.2) is 13.2 Å². The SMILES string of the molecule is Cc1noc(C)c1S(=O)(=O)N(C)CC1Oc2c(NC(=O)NC(C)C)cccc2C(=O)N(C(C)CO)CC1C. The van der Waals surface area contributed by atoms with E-state index in [4.69, 9.17) is 9.26 Å².